The van der Waals surface area contributed by atoms with Crippen molar-refractivity contribution in [3.8, 4) is 0 Å². The Kier molecular flexibility index (Phi) is 6.57. The monoisotopic (exact) mass is 338 g/mol. The second-order valence-corrected chi connectivity index (χ2v) is 5.45. The highest BCUT2D eigenvalue weighted by molar-refractivity contribution is 7.85. The van der Waals surface area contributed by atoms with Gasteiger partial charge in [-0.2, -0.15) is 21.6 Å². The highest BCUT2D eigenvalue weighted by Gasteiger charge is 2.57. The summed E-state index contributed by atoms with van der Waals surface area (Å²) in [7, 11) is -4.04. The molecule has 8 nitrogen and oxygen atoms in total. The first-order valence-electron chi connectivity index (χ1n) is 5.19. The van der Waals surface area contributed by atoms with Gasteiger partial charge in [-0.15, -0.1) is 0 Å². The zero-order valence-electron chi connectivity index (χ0n) is 11.0. The van der Waals surface area contributed by atoms with Crippen LogP contribution in [-0.2, 0) is 33.9 Å². The van der Waals surface area contributed by atoms with Crippen molar-refractivity contribution in [1.82, 2.24) is 0 Å². The van der Waals surface area contributed by atoms with E-state index in [1.54, 1.807) is 0 Å². The van der Waals surface area contributed by atoms with Gasteiger partial charge in [0.25, 0.3) is 10.1 Å². The maximum Gasteiger partial charge on any atom is 0.429 e. The highest BCUT2D eigenvalue weighted by atomic mass is 32.2. The van der Waals surface area contributed by atoms with Crippen molar-refractivity contribution in [2.45, 2.75) is 18.7 Å². The Hall–Kier alpha value is -1.40. The van der Waals surface area contributed by atoms with Gasteiger partial charge in [-0.25, -0.2) is 9.59 Å². The minimum atomic E-state index is -5.25. The average Bonchev–Trinajstić information content (AvgIpc) is 2.24. The number of carbonyl (C=O) groups excluding carboxylic acids is 2. The Labute approximate surface area is 117 Å². The molecule has 0 bridgehead atoms. The highest BCUT2D eigenvalue weighted by Crippen LogP contribution is 2.34. The van der Waals surface area contributed by atoms with E-state index < -0.39 is 52.8 Å². The summed E-state index contributed by atoms with van der Waals surface area (Å²) in [6.45, 7) is -1.46. The van der Waals surface area contributed by atoms with Crippen molar-refractivity contribution in [3.63, 3.8) is 0 Å². The maximum absolute atomic E-state index is 12.7. The van der Waals surface area contributed by atoms with E-state index in [2.05, 4.69) is 14.2 Å². The SMILES string of the molecule is COC(=O)COCC(=O)OC(C)(CS(=O)(=O)O)C(F)(F)F. The first-order chi connectivity index (χ1) is 9.31. The van der Waals surface area contributed by atoms with Gasteiger partial charge in [-0.05, 0) is 6.92 Å². The van der Waals surface area contributed by atoms with E-state index in [9.17, 15) is 31.2 Å². The Morgan fingerprint density at radius 1 is 1.14 bits per heavy atom. The largest absolute Gasteiger partial charge is 0.467 e. The van der Waals surface area contributed by atoms with Crippen molar-refractivity contribution in [2.75, 3.05) is 26.1 Å². The summed E-state index contributed by atoms with van der Waals surface area (Å²) in [5, 5.41) is 0. The van der Waals surface area contributed by atoms with E-state index in [0.29, 0.717) is 0 Å². The van der Waals surface area contributed by atoms with Gasteiger partial charge in [0.05, 0.1) is 7.11 Å². The third-order valence-corrected chi connectivity index (χ3v) is 2.98. The second kappa shape index (κ2) is 7.04. The van der Waals surface area contributed by atoms with Crippen LogP contribution in [0.3, 0.4) is 0 Å². The van der Waals surface area contributed by atoms with Gasteiger partial charge in [0, 0.05) is 0 Å². The van der Waals surface area contributed by atoms with Crippen LogP contribution < -0.4 is 0 Å². The molecule has 0 aromatic heterocycles. The van der Waals surface area contributed by atoms with Crippen LogP contribution in [0.2, 0.25) is 0 Å². The molecule has 1 atom stereocenters. The Bertz CT molecular complexity index is 486. The molecule has 1 N–H and O–H groups in total. The van der Waals surface area contributed by atoms with Crippen LogP contribution in [0.4, 0.5) is 13.2 Å². The van der Waals surface area contributed by atoms with Gasteiger partial charge in [0.2, 0.25) is 5.60 Å². The van der Waals surface area contributed by atoms with Crippen LogP contribution >= 0.6 is 0 Å². The van der Waals surface area contributed by atoms with Gasteiger partial charge in [-0.1, -0.05) is 0 Å². The van der Waals surface area contributed by atoms with Crippen molar-refractivity contribution in [1.29, 1.82) is 0 Å². The molecule has 0 aliphatic carbocycles. The van der Waals surface area contributed by atoms with Crippen LogP contribution in [-0.4, -0.2) is 62.8 Å². The molecular weight excluding hydrogens is 325 g/mol. The summed E-state index contributed by atoms with van der Waals surface area (Å²) in [6.07, 6.45) is -5.25. The summed E-state index contributed by atoms with van der Waals surface area (Å²) in [4.78, 5) is 21.8. The molecule has 0 radical (unpaired) electrons. The smallest absolute Gasteiger partial charge is 0.429 e. The fraction of sp³-hybridized carbons (Fsp3) is 0.778. The molecule has 124 valence electrons. The predicted octanol–water partition coefficient (Wildman–Crippen LogP) is -0.0720. The lowest BCUT2D eigenvalue weighted by atomic mass is 10.1. The Morgan fingerprint density at radius 3 is 2.00 bits per heavy atom. The van der Waals surface area contributed by atoms with Crippen molar-refractivity contribution < 1.29 is 49.9 Å². The van der Waals surface area contributed by atoms with E-state index in [0.717, 1.165) is 7.11 Å². The van der Waals surface area contributed by atoms with Gasteiger partial charge < -0.3 is 14.2 Å². The van der Waals surface area contributed by atoms with E-state index >= 15 is 0 Å². The number of halogens is 3. The van der Waals surface area contributed by atoms with Gasteiger partial charge in [-0.3, -0.25) is 4.55 Å². The summed E-state index contributed by atoms with van der Waals surface area (Å²) in [5.41, 5.74) is -3.45. The maximum atomic E-state index is 12.7. The molecule has 0 fully saturated rings. The number of hydrogen-bond acceptors (Lipinski definition) is 7. The fourth-order valence-electron chi connectivity index (χ4n) is 1.07. The van der Waals surface area contributed by atoms with Crippen LogP contribution in [0, 0.1) is 0 Å². The third-order valence-electron chi connectivity index (χ3n) is 2.06. The zero-order chi connectivity index (χ0) is 16.9. The molecule has 0 spiro atoms. The summed E-state index contributed by atoms with van der Waals surface area (Å²) >= 11 is 0. The molecular formula is C9H13F3O8S. The van der Waals surface area contributed by atoms with Gasteiger partial charge >= 0.3 is 18.1 Å². The lowest BCUT2D eigenvalue weighted by Crippen LogP contribution is -2.51. The number of ether oxygens (including phenoxy) is 3. The number of rotatable bonds is 7. The predicted molar refractivity (Wildman–Crippen MR) is 59.8 cm³/mol. The molecule has 0 heterocycles. The van der Waals surface area contributed by atoms with Crippen LogP contribution in [0.5, 0.6) is 0 Å². The quantitative estimate of drug-likeness (QED) is 0.506. The topological polar surface area (TPSA) is 116 Å². The molecule has 0 aliphatic rings. The number of hydrogen-bond donors (Lipinski definition) is 1. The van der Waals surface area contributed by atoms with Gasteiger partial charge in [0.15, 0.2) is 0 Å². The lowest BCUT2D eigenvalue weighted by Gasteiger charge is -2.30. The van der Waals surface area contributed by atoms with E-state index in [4.69, 9.17) is 4.55 Å². The third kappa shape index (κ3) is 7.24. The second-order valence-electron chi connectivity index (χ2n) is 4.00. The molecule has 21 heavy (non-hydrogen) atoms. The van der Waals surface area contributed by atoms with E-state index in [-0.39, 0.29) is 6.92 Å². The molecule has 12 heteroatoms. The van der Waals surface area contributed by atoms with Crippen LogP contribution in [0.15, 0.2) is 0 Å². The molecule has 0 aromatic carbocycles. The van der Waals surface area contributed by atoms with Crippen LogP contribution in [0.25, 0.3) is 0 Å². The molecule has 0 rings (SSSR count). The average molecular weight is 338 g/mol. The van der Waals surface area contributed by atoms with Crippen molar-refractivity contribution >= 4 is 22.1 Å². The number of carbonyl (C=O) groups is 2. The molecule has 1 unspecified atom stereocenters. The minimum absolute atomic E-state index is 0.277. The summed E-state index contributed by atoms with van der Waals surface area (Å²) < 4.78 is 80.4. The molecule has 0 aliphatic heterocycles. The normalized spacial score (nSPS) is 15.1. The first-order valence-corrected chi connectivity index (χ1v) is 6.80. The molecule has 0 amide bonds. The van der Waals surface area contributed by atoms with Crippen molar-refractivity contribution in [2.24, 2.45) is 0 Å². The van der Waals surface area contributed by atoms with Crippen molar-refractivity contribution in [3.05, 3.63) is 0 Å². The number of esters is 2. The summed E-state index contributed by atoms with van der Waals surface area (Å²) in [6, 6.07) is 0. The molecule has 0 aromatic rings. The Morgan fingerprint density at radius 2 is 1.62 bits per heavy atom. The standard InChI is InChI=1S/C9H13F3O8S/c1-8(9(10,11)12,5-21(15,16)17)20-7(14)4-19-3-6(13)18-2/h3-5H2,1-2H3,(H,15,16,17). The number of alkyl halides is 3. The summed E-state index contributed by atoms with van der Waals surface area (Å²) in [5.74, 6) is -4.31. The number of methoxy groups -OCH3 is 1. The Balaban J connectivity index is 4.77. The van der Waals surface area contributed by atoms with E-state index in [1.807, 2.05) is 0 Å². The van der Waals surface area contributed by atoms with E-state index in [1.165, 1.54) is 0 Å². The lowest BCUT2D eigenvalue weighted by molar-refractivity contribution is -0.257. The molecule has 0 saturated carbocycles. The van der Waals surface area contributed by atoms with Crippen LogP contribution in [0.1, 0.15) is 6.92 Å². The first kappa shape index (κ1) is 19.6. The zero-order valence-corrected chi connectivity index (χ0v) is 11.8. The fourth-order valence-corrected chi connectivity index (χ4v) is 1.99. The molecule has 0 saturated heterocycles. The minimum Gasteiger partial charge on any atom is -0.467 e. The van der Waals surface area contributed by atoms with Gasteiger partial charge in [0.1, 0.15) is 19.0 Å².